The van der Waals surface area contributed by atoms with Crippen molar-refractivity contribution in [1.29, 1.82) is 0 Å². The summed E-state index contributed by atoms with van der Waals surface area (Å²) in [5.74, 6) is 0.568. The third kappa shape index (κ3) is 11.8. The van der Waals surface area contributed by atoms with Crippen LogP contribution in [-0.4, -0.2) is 47.3 Å². The molecule has 0 aliphatic rings. The van der Waals surface area contributed by atoms with Gasteiger partial charge in [-0.2, -0.15) is 0 Å². The predicted molar refractivity (Wildman–Crippen MR) is 69.8 cm³/mol. The van der Waals surface area contributed by atoms with E-state index < -0.39 is 0 Å². The summed E-state index contributed by atoms with van der Waals surface area (Å²) in [5.41, 5.74) is 0. The van der Waals surface area contributed by atoms with Crippen LogP contribution in [0.2, 0.25) is 0 Å². The van der Waals surface area contributed by atoms with E-state index in [1.807, 2.05) is 0 Å². The van der Waals surface area contributed by atoms with Crippen molar-refractivity contribution in [2.45, 2.75) is 38.5 Å². The zero-order chi connectivity index (χ0) is 12.6. The summed E-state index contributed by atoms with van der Waals surface area (Å²) >= 11 is 1.64. The number of aliphatic hydroxyl groups excluding tert-OH is 1. The van der Waals surface area contributed by atoms with Gasteiger partial charge in [-0.3, -0.25) is 4.79 Å². The van der Waals surface area contributed by atoms with E-state index in [-0.39, 0.29) is 16.8 Å². The summed E-state index contributed by atoms with van der Waals surface area (Å²) in [5, 5.41) is 14.8. The van der Waals surface area contributed by atoms with Crippen molar-refractivity contribution in [3.8, 4) is 0 Å². The van der Waals surface area contributed by atoms with E-state index in [0.29, 0.717) is 25.4 Å². The molecule has 0 aromatic rings. The maximum Gasteiger partial charge on any atom is 0.230 e. The van der Waals surface area contributed by atoms with E-state index in [0.717, 1.165) is 0 Å². The Labute approximate surface area is 103 Å². The maximum absolute atomic E-state index is 11.4. The molecule has 1 amide bonds. The zero-order valence-corrected chi connectivity index (χ0v) is 11.5. The van der Waals surface area contributed by atoms with E-state index in [4.69, 9.17) is 5.11 Å². The summed E-state index contributed by atoms with van der Waals surface area (Å²) in [4.78, 5) is 11.4. The number of nitrogens with one attached hydrogen (secondary N) is 2. The normalized spacial score (nSPS) is 13.6. The molecule has 16 heavy (non-hydrogen) atoms. The van der Waals surface area contributed by atoms with Gasteiger partial charge in [-0.15, -0.1) is 11.8 Å². The second kappa shape index (κ2) is 7.92. The van der Waals surface area contributed by atoms with Crippen LogP contribution in [0.1, 0.15) is 27.7 Å². The predicted octanol–water partition coefficient (Wildman–Crippen LogP) is 0.605. The van der Waals surface area contributed by atoms with Crippen molar-refractivity contribution in [2.75, 3.05) is 25.4 Å². The third-order valence-corrected chi connectivity index (χ3v) is 2.97. The summed E-state index contributed by atoms with van der Waals surface area (Å²) < 4.78 is 0.127. The first-order valence-electron chi connectivity index (χ1n) is 5.60. The highest BCUT2D eigenvalue weighted by Crippen LogP contribution is 2.22. The molecule has 0 saturated carbocycles. The fourth-order valence-electron chi connectivity index (χ4n) is 0.934. The van der Waals surface area contributed by atoms with Gasteiger partial charge in [0.05, 0.1) is 11.9 Å². The molecule has 0 rings (SSSR count). The molecule has 5 heteroatoms. The molecular weight excluding hydrogens is 224 g/mol. The number of aliphatic hydroxyl groups is 1. The molecule has 0 aliphatic heterocycles. The van der Waals surface area contributed by atoms with Gasteiger partial charge in [0.1, 0.15) is 0 Å². The van der Waals surface area contributed by atoms with Crippen LogP contribution in [-0.2, 0) is 4.79 Å². The third-order valence-electron chi connectivity index (χ3n) is 1.70. The Bertz CT molecular complexity index is 203. The highest BCUT2D eigenvalue weighted by molar-refractivity contribution is 8.01. The molecule has 0 heterocycles. The van der Waals surface area contributed by atoms with Gasteiger partial charge in [-0.25, -0.2) is 0 Å². The number of hydrogen-bond acceptors (Lipinski definition) is 4. The Kier molecular flexibility index (Phi) is 7.80. The smallest absolute Gasteiger partial charge is 0.230 e. The molecule has 0 fully saturated rings. The first-order chi connectivity index (χ1) is 7.31. The van der Waals surface area contributed by atoms with Crippen LogP contribution in [0.5, 0.6) is 0 Å². The minimum Gasteiger partial charge on any atom is -0.392 e. The van der Waals surface area contributed by atoms with Crippen LogP contribution < -0.4 is 10.6 Å². The van der Waals surface area contributed by atoms with Crippen LogP contribution in [0, 0.1) is 0 Å². The van der Waals surface area contributed by atoms with E-state index in [1.165, 1.54) is 0 Å². The molecular formula is C11H24N2O2S. The Balaban J connectivity index is 3.38. The molecule has 3 N–H and O–H groups in total. The SMILES string of the molecule is CC(O)CNCCNC(=O)CSC(C)(C)C. The van der Waals surface area contributed by atoms with Crippen molar-refractivity contribution in [3.05, 3.63) is 0 Å². The molecule has 1 atom stereocenters. The van der Waals surface area contributed by atoms with E-state index in [9.17, 15) is 4.79 Å². The average molecular weight is 248 g/mol. The molecule has 0 bridgehead atoms. The number of hydrogen-bond donors (Lipinski definition) is 3. The summed E-state index contributed by atoms with van der Waals surface area (Å²) in [6.07, 6.45) is -0.341. The fourth-order valence-corrected chi connectivity index (χ4v) is 1.60. The first kappa shape index (κ1) is 15.7. The highest BCUT2D eigenvalue weighted by Gasteiger charge is 2.12. The summed E-state index contributed by atoms with van der Waals surface area (Å²) in [6.45, 7) is 9.87. The van der Waals surface area contributed by atoms with Crippen LogP contribution in [0.4, 0.5) is 0 Å². The number of amides is 1. The molecule has 0 aliphatic carbocycles. The van der Waals surface area contributed by atoms with Crippen LogP contribution in [0.3, 0.4) is 0 Å². The molecule has 0 radical (unpaired) electrons. The van der Waals surface area contributed by atoms with Crippen LogP contribution >= 0.6 is 11.8 Å². The van der Waals surface area contributed by atoms with Crippen LogP contribution in [0.15, 0.2) is 0 Å². The van der Waals surface area contributed by atoms with Gasteiger partial charge < -0.3 is 15.7 Å². The zero-order valence-electron chi connectivity index (χ0n) is 10.7. The lowest BCUT2D eigenvalue weighted by atomic mass is 10.3. The van der Waals surface area contributed by atoms with Crippen LogP contribution in [0.25, 0.3) is 0 Å². The monoisotopic (exact) mass is 248 g/mol. The summed E-state index contributed by atoms with van der Waals surface area (Å²) in [7, 11) is 0. The quantitative estimate of drug-likeness (QED) is 0.578. The van der Waals surface area contributed by atoms with Gasteiger partial charge in [-0.1, -0.05) is 20.8 Å². The molecule has 4 nitrogen and oxygen atoms in total. The first-order valence-corrected chi connectivity index (χ1v) is 6.59. The van der Waals surface area contributed by atoms with Gasteiger partial charge in [0.25, 0.3) is 0 Å². The van der Waals surface area contributed by atoms with Crippen molar-refractivity contribution in [1.82, 2.24) is 10.6 Å². The van der Waals surface area contributed by atoms with Crippen molar-refractivity contribution >= 4 is 17.7 Å². The highest BCUT2D eigenvalue weighted by atomic mass is 32.2. The topological polar surface area (TPSA) is 61.4 Å². The molecule has 96 valence electrons. The fraction of sp³-hybridized carbons (Fsp3) is 0.909. The Morgan fingerprint density at radius 3 is 2.50 bits per heavy atom. The lowest BCUT2D eigenvalue weighted by Crippen LogP contribution is -2.35. The number of rotatable bonds is 7. The standard InChI is InChI=1S/C11H24N2O2S/c1-9(14)7-12-5-6-13-10(15)8-16-11(2,3)4/h9,12,14H,5-8H2,1-4H3,(H,13,15). The second-order valence-corrected chi connectivity index (χ2v) is 6.61. The van der Waals surface area contributed by atoms with E-state index in [2.05, 4.69) is 31.4 Å². The average Bonchev–Trinajstić information content (AvgIpc) is 2.12. The maximum atomic E-state index is 11.4. The minimum atomic E-state index is -0.341. The van der Waals surface area contributed by atoms with Gasteiger partial charge in [0, 0.05) is 24.4 Å². The van der Waals surface area contributed by atoms with Gasteiger partial charge >= 0.3 is 0 Å². The Morgan fingerprint density at radius 2 is 2.00 bits per heavy atom. The molecule has 0 aromatic carbocycles. The van der Waals surface area contributed by atoms with E-state index in [1.54, 1.807) is 18.7 Å². The van der Waals surface area contributed by atoms with Crippen molar-refractivity contribution in [3.63, 3.8) is 0 Å². The van der Waals surface area contributed by atoms with E-state index >= 15 is 0 Å². The number of carbonyl (C=O) groups is 1. The lowest BCUT2D eigenvalue weighted by molar-refractivity contribution is -0.118. The second-order valence-electron chi connectivity index (χ2n) is 4.80. The van der Waals surface area contributed by atoms with Gasteiger partial charge in [0.15, 0.2) is 0 Å². The molecule has 0 saturated heterocycles. The lowest BCUT2D eigenvalue weighted by Gasteiger charge is -2.17. The Morgan fingerprint density at radius 1 is 1.38 bits per heavy atom. The summed E-state index contributed by atoms with van der Waals surface area (Å²) in [6, 6.07) is 0. The largest absolute Gasteiger partial charge is 0.392 e. The molecule has 0 aromatic heterocycles. The Hall–Kier alpha value is -0.260. The number of thioether (sulfide) groups is 1. The van der Waals surface area contributed by atoms with Gasteiger partial charge in [0.2, 0.25) is 5.91 Å². The van der Waals surface area contributed by atoms with Crippen molar-refractivity contribution in [2.24, 2.45) is 0 Å². The molecule has 0 spiro atoms. The minimum absolute atomic E-state index is 0.0683. The van der Waals surface area contributed by atoms with Crippen molar-refractivity contribution < 1.29 is 9.90 Å². The van der Waals surface area contributed by atoms with Gasteiger partial charge in [-0.05, 0) is 6.92 Å². The number of carbonyl (C=O) groups excluding carboxylic acids is 1. The molecule has 1 unspecified atom stereocenters.